The first-order valence-electron chi connectivity index (χ1n) is 6.44. The maximum atomic E-state index is 3.61. The van der Waals surface area contributed by atoms with Crippen LogP contribution < -0.4 is 5.32 Å². The van der Waals surface area contributed by atoms with Gasteiger partial charge < -0.3 is 5.32 Å². The van der Waals surface area contributed by atoms with Crippen LogP contribution >= 0.6 is 0 Å². The number of hydrogen-bond acceptors (Lipinski definition) is 1. The average Bonchev–Trinajstić information content (AvgIpc) is 2.65. The first-order chi connectivity index (χ1) is 7.68. The van der Waals surface area contributed by atoms with Crippen LogP contribution in [-0.4, -0.2) is 6.54 Å². The van der Waals surface area contributed by atoms with Gasteiger partial charge in [-0.15, -0.1) is 0 Å². The lowest BCUT2D eigenvalue weighted by atomic mass is 9.89. The molecule has 1 aromatic carbocycles. The lowest BCUT2D eigenvalue weighted by Crippen LogP contribution is -2.29. The molecule has 1 heteroatoms. The van der Waals surface area contributed by atoms with E-state index in [9.17, 15) is 0 Å². The molecule has 1 aliphatic carbocycles. The molecule has 88 valence electrons. The molecule has 1 N–H and O–H groups in total. The third-order valence-corrected chi connectivity index (χ3v) is 3.77. The van der Waals surface area contributed by atoms with E-state index in [0.29, 0.717) is 5.41 Å². The molecular weight excluding hydrogens is 194 g/mol. The molecule has 0 saturated heterocycles. The molecule has 0 radical (unpaired) electrons. The monoisotopic (exact) mass is 217 g/mol. The highest BCUT2D eigenvalue weighted by Crippen LogP contribution is 2.36. The van der Waals surface area contributed by atoms with Crippen molar-refractivity contribution in [3.63, 3.8) is 0 Å². The van der Waals surface area contributed by atoms with Crippen molar-refractivity contribution in [1.82, 2.24) is 5.32 Å². The van der Waals surface area contributed by atoms with Crippen LogP contribution in [-0.2, 0) is 6.54 Å². The normalized spacial score (nSPS) is 18.9. The maximum Gasteiger partial charge on any atom is 0.0205 e. The van der Waals surface area contributed by atoms with Crippen molar-refractivity contribution >= 4 is 0 Å². The van der Waals surface area contributed by atoms with Gasteiger partial charge in [0.15, 0.2) is 0 Å². The summed E-state index contributed by atoms with van der Waals surface area (Å²) in [5, 5.41) is 3.61. The Morgan fingerprint density at radius 2 is 2.00 bits per heavy atom. The number of rotatable bonds is 4. The van der Waals surface area contributed by atoms with Gasteiger partial charge in [0.25, 0.3) is 0 Å². The topological polar surface area (TPSA) is 12.0 Å². The van der Waals surface area contributed by atoms with Gasteiger partial charge >= 0.3 is 0 Å². The van der Waals surface area contributed by atoms with Crippen LogP contribution in [0.2, 0.25) is 0 Å². The number of hydrogen-bond donors (Lipinski definition) is 1. The van der Waals surface area contributed by atoms with Gasteiger partial charge in [0.2, 0.25) is 0 Å². The summed E-state index contributed by atoms with van der Waals surface area (Å²) in [5.41, 5.74) is 3.32. The van der Waals surface area contributed by atoms with Crippen LogP contribution in [0.25, 0.3) is 0 Å². The Labute approximate surface area is 99.3 Å². The molecule has 1 aromatic rings. The van der Waals surface area contributed by atoms with Crippen molar-refractivity contribution in [2.24, 2.45) is 5.41 Å². The van der Waals surface area contributed by atoms with E-state index in [0.717, 1.165) is 6.54 Å². The minimum absolute atomic E-state index is 0.559. The molecule has 0 amide bonds. The Balaban J connectivity index is 1.79. The van der Waals surface area contributed by atoms with E-state index in [2.05, 4.69) is 43.4 Å². The largest absolute Gasteiger partial charge is 0.312 e. The van der Waals surface area contributed by atoms with Gasteiger partial charge in [-0.25, -0.2) is 0 Å². The highest BCUT2D eigenvalue weighted by Gasteiger charge is 2.27. The molecule has 0 spiro atoms. The summed E-state index contributed by atoms with van der Waals surface area (Å²) in [6.07, 6.45) is 5.63. The summed E-state index contributed by atoms with van der Waals surface area (Å²) in [7, 11) is 0. The Morgan fingerprint density at radius 3 is 2.69 bits per heavy atom. The molecule has 1 saturated carbocycles. The van der Waals surface area contributed by atoms with Crippen molar-refractivity contribution in [2.45, 2.75) is 46.1 Å². The Kier molecular flexibility index (Phi) is 3.65. The lowest BCUT2D eigenvalue weighted by Gasteiger charge is -2.23. The number of aryl methyl sites for hydroxylation is 1. The third kappa shape index (κ3) is 3.08. The van der Waals surface area contributed by atoms with E-state index < -0.39 is 0 Å². The molecule has 1 fully saturated rings. The summed E-state index contributed by atoms with van der Waals surface area (Å²) >= 11 is 0. The molecule has 0 aromatic heterocycles. The Hall–Kier alpha value is -0.820. The molecule has 0 bridgehead atoms. The van der Waals surface area contributed by atoms with E-state index >= 15 is 0 Å². The summed E-state index contributed by atoms with van der Waals surface area (Å²) in [6, 6.07) is 8.77. The van der Waals surface area contributed by atoms with Crippen molar-refractivity contribution in [3.05, 3.63) is 35.4 Å². The minimum Gasteiger partial charge on any atom is -0.312 e. The molecule has 2 rings (SSSR count). The van der Waals surface area contributed by atoms with E-state index in [4.69, 9.17) is 0 Å². The van der Waals surface area contributed by atoms with Crippen molar-refractivity contribution in [3.8, 4) is 0 Å². The standard InChI is InChI=1S/C15H23N/c1-13-6-5-7-14(10-13)11-16-12-15(2)8-3-4-9-15/h5-7,10,16H,3-4,8-9,11-12H2,1-2H3. The smallest absolute Gasteiger partial charge is 0.0205 e. The molecule has 0 aliphatic heterocycles. The maximum absolute atomic E-state index is 3.61. The summed E-state index contributed by atoms with van der Waals surface area (Å²) in [6.45, 7) is 6.75. The van der Waals surface area contributed by atoms with Gasteiger partial charge in [0.1, 0.15) is 0 Å². The van der Waals surface area contributed by atoms with Gasteiger partial charge in [-0.05, 0) is 30.7 Å². The van der Waals surface area contributed by atoms with Gasteiger partial charge in [-0.2, -0.15) is 0 Å². The predicted molar refractivity (Wildman–Crippen MR) is 69.5 cm³/mol. The summed E-state index contributed by atoms with van der Waals surface area (Å²) in [4.78, 5) is 0. The highest BCUT2D eigenvalue weighted by molar-refractivity contribution is 5.21. The van der Waals surface area contributed by atoms with E-state index in [1.807, 2.05) is 0 Å². The fourth-order valence-electron chi connectivity index (χ4n) is 2.74. The summed E-state index contributed by atoms with van der Waals surface area (Å²) in [5.74, 6) is 0. The number of benzene rings is 1. The second kappa shape index (κ2) is 5.01. The second-order valence-corrected chi connectivity index (χ2v) is 5.61. The van der Waals surface area contributed by atoms with Gasteiger partial charge in [-0.1, -0.05) is 49.6 Å². The van der Waals surface area contributed by atoms with Crippen LogP contribution in [0.1, 0.15) is 43.7 Å². The van der Waals surface area contributed by atoms with E-state index in [-0.39, 0.29) is 0 Å². The van der Waals surface area contributed by atoms with Crippen molar-refractivity contribution in [1.29, 1.82) is 0 Å². The zero-order valence-corrected chi connectivity index (χ0v) is 10.6. The third-order valence-electron chi connectivity index (χ3n) is 3.77. The molecule has 0 heterocycles. The Bertz CT molecular complexity index is 337. The number of nitrogens with one attached hydrogen (secondary N) is 1. The minimum atomic E-state index is 0.559. The molecular formula is C15H23N. The highest BCUT2D eigenvalue weighted by atomic mass is 14.9. The average molecular weight is 217 g/mol. The summed E-state index contributed by atoms with van der Waals surface area (Å²) < 4.78 is 0. The van der Waals surface area contributed by atoms with E-state index in [1.54, 1.807) is 0 Å². The fourth-order valence-corrected chi connectivity index (χ4v) is 2.74. The molecule has 16 heavy (non-hydrogen) atoms. The van der Waals surface area contributed by atoms with E-state index in [1.165, 1.54) is 43.4 Å². The SMILES string of the molecule is Cc1cccc(CNCC2(C)CCCC2)c1. The van der Waals surface area contributed by atoms with Crippen molar-refractivity contribution < 1.29 is 0 Å². The molecule has 0 atom stereocenters. The van der Waals surface area contributed by atoms with Gasteiger partial charge in [-0.3, -0.25) is 0 Å². The first kappa shape index (κ1) is 11.7. The lowest BCUT2D eigenvalue weighted by molar-refractivity contribution is 0.314. The second-order valence-electron chi connectivity index (χ2n) is 5.61. The van der Waals surface area contributed by atoms with Crippen LogP contribution in [0.4, 0.5) is 0 Å². The van der Waals surface area contributed by atoms with Crippen LogP contribution in [0, 0.1) is 12.3 Å². The Morgan fingerprint density at radius 1 is 1.25 bits per heavy atom. The molecule has 1 nitrogen and oxygen atoms in total. The predicted octanol–water partition coefficient (Wildman–Crippen LogP) is 3.66. The molecule has 1 aliphatic rings. The zero-order chi connectivity index (χ0) is 11.4. The van der Waals surface area contributed by atoms with Gasteiger partial charge in [0, 0.05) is 13.1 Å². The molecule has 0 unspecified atom stereocenters. The van der Waals surface area contributed by atoms with Crippen LogP contribution in [0.3, 0.4) is 0 Å². The zero-order valence-electron chi connectivity index (χ0n) is 10.6. The van der Waals surface area contributed by atoms with Crippen LogP contribution in [0.15, 0.2) is 24.3 Å². The fraction of sp³-hybridized carbons (Fsp3) is 0.600. The van der Waals surface area contributed by atoms with Gasteiger partial charge in [0.05, 0.1) is 0 Å². The van der Waals surface area contributed by atoms with Crippen molar-refractivity contribution in [2.75, 3.05) is 6.54 Å². The van der Waals surface area contributed by atoms with Crippen LogP contribution in [0.5, 0.6) is 0 Å². The first-order valence-corrected chi connectivity index (χ1v) is 6.44. The quantitative estimate of drug-likeness (QED) is 0.811.